The molecule has 0 saturated heterocycles. The molecule has 0 bridgehead atoms. The van der Waals surface area contributed by atoms with E-state index in [0.29, 0.717) is 18.8 Å². The molecule has 0 saturated carbocycles. The van der Waals surface area contributed by atoms with Crippen LogP contribution in [0.15, 0.2) is 24.3 Å². The molecule has 0 aliphatic rings. The molecule has 0 unspecified atom stereocenters. The van der Waals surface area contributed by atoms with Crippen molar-refractivity contribution in [3.05, 3.63) is 30.1 Å². The monoisotopic (exact) mass is 283 g/mol. The topological polar surface area (TPSA) is 55.8 Å². The summed E-state index contributed by atoms with van der Waals surface area (Å²) in [7, 11) is 2.82. The van der Waals surface area contributed by atoms with Crippen molar-refractivity contribution in [1.82, 2.24) is 4.90 Å². The van der Waals surface area contributed by atoms with E-state index in [1.807, 2.05) is 0 Å². The lowest BCUT2D eigenvalue weighted by atomic mass is 10.3. The number of amides is 1. The molecule has 0 aromatic heterocycles. The second-order valence-corrected chi connectivity index (χ2v) is 4.23. The van der Waals surface area contributed by atoms with Gasteiger partial charge in [-0.15, -0.1) is 0 Å². The second-order valence-electron chi connectivity index (χ2n) is 4.23. The Balaban J connectivity index is 2.21. The molecular formula is C14H18FNO4. The van der Waals surface area contributed by atoms with Crippen LogP contribution < -0.4 is 4.74 Å². The van der Waals surface area contributed by atoms with Crippen molar-refractivity contribution in [3.8, 4) is 5.75 Å². The van der Waals surface area contributed by atoms with Crippen molar-refractivity contribution >= 4 is 11.9 Å². The molecule has 0 aliphatic carbocycles. The number of rotatable bonds is 7. The summed E-state index contributed by atoms with van der Waals surface area (Å²) in [5.74, 6) is -0.375. The molecule has 0 radical (unpaired) electrons. The molecule has 5 nitrogen and oxygen atoms in total. The fraction of sp³-hybridized carbons (Fsp3) is 0.429. The summed E-state index contributed by atoms with van der Waals surface area (Å²) >= 11 is 0. The first-order chi connectivity index (χ1) is 9.52. The van der Waals surface area contributed by atoms with E-state index in [9.17, 15) is 14.0 Å². The Kier molecular flexibility index (Phi) is 6.49. The maximum Gasteiger partial charge on any atom is 0.325 e. The molecule has 6 heteroatoms. The summed E-state index contributed by atoms with van der Waals surface area (Å²) in [6.45, 7) is 0.289. The number of hydrogen-bond donors (Lipinski definition) is 0. The number of ether oxygens (including phenoxy) is 2. The first-order valence-electron chi connectivity index (χ1n) is 6.22. The van der Waals surface area contributed by atoms with Crippen LogP contribution in [0.2, 0.25) is 0 Å². The van der Waals surface area contributed by atoms with E-state index in [-0.39, 0.29) is 24.7 Å². The SMILES string of the molecule is COC(=O)CN(C)C(=O)CCCOc1ccc(F)cc1. The Morgan fingerprint density at radius 2 is 1.90 bits per heavy atom. The average Bonchev–Trinajstić information content (AvgIpc) is 2.44. The van der Waals surface area contributed by atoms with E-state index in [2.05, 4.69) is 4.74 Å². The quantitative estimate of drug-likeness (QED) is 0.563. The molecule has 110 valence electrons. The normalized spacial score (nSPS) is 9.95. The van der Waals surface area contributed by atoms with E-state index in [4.69, 9.17) is 4.74 Å². The highest BCUT2D eigenvalue weighted by molar-refractivity contribution is 5.81. The van der Waals surface area contributed by atoms with Gasteiger partial charge < -0.3 is 14.4 Å². The van der Waals surface area contributed by atoms with Crippen LogP contribution in [0, 0.1) is 5.82 Å². The highest BCUT2D eigenvalue weighted by Gasteiger charge is 2.12. The molecule has 1 aromatic rings. The standard InChI is InChI=1S/C14H18FNO4/c1-16(10-14(18)19-2)13(17)4-3-9-20-12-7-5-11(15)6-8-12/h5-8H,3-4,9-10H2,1-2H3. The molecule has 1 aromatic carbocycles. The number of methoxy groups -OCH3 is 1. The van der Waals surface area contributed by atoms with E-state index < -0.39 is 5.97 Å². The third-order valence-corrected chi connectivity index (χ3v) is 2.64. The van der Waals surface area contributed by atoms with Crippen LogP contribution in [0.3, 0.4) is 0 Å². The van der Waals surface area contributed by atoms with Crippen LogP contribution in [-0.4, -0.2) is 44.1 Å². The van der Waals surface area contributed by atoms with Gasteiger partial charge in [-0.05, 0) is 30.7 Å². The zero-order valence-electron chi connectivity index (χ0n) is 11.6. The van der Waals surface area contributed by atoms with Crippen molar-refractivity contribution in [2.24, 2.45) is 0 Å². The Morgan fingerprint density at radius 1 is 1.25 bits per heavy atom. The Morgan fingerprint density at radius 3 is 2.50 bits per heavy atom. The van der Waals surface area contributed by atoms with Gasteiger partial charge in [-0.1, -0.05) is 0 Å². The molecule has 0 atom stereocenters. The van der Waals surface area contributed by atoms with Crippen LogP contribution >= 0.6 is 0 Å². The number of halogens is 1. The fourth-order valence-electron chi connectivity index (χ4n) is 1.48. The van der Waals surface area contributed by atoms with Crippen molar-refractivity contribution in [2.45, 2.75) is 12.8 Å². The van der Waals surface area contributed by atoms with Crippen LogP contribution in [0.25, 0.3) is 0 Å². The molecule has 1 amide bonds. The van der Waals surface area contributed by atoms with E-state index in [1.165, 1.54) is 36.3 Å². The van der Waals surface area contributed by atoms with Crippen LogP contribution in [0.5, 0.6) is 5.75 Å². The largest absolute Gasteiger partial charge is 0.494 e. The second kappa shape index (κ2) is 8.14. The van der Waals surface area contributed by atoms with E-state index >= 15 is 0 Å². The molecule has 0 heterocycles. The molecule has 1 rings (SSSR count). The highest BCUT2D eigenvalue weighted by Crippen LogP contribution is 2.11. The van der Waals surface area contributed by atoms with Crippen molar-refractivity contribution < 1.29 is 23.5 Å². The summed E-state index contributed by atoms with van der Waals surface area (Å²) < 4.78 is 22.5. The summed E-state index contributed by atoms with van der Waals surface area (Å²) in [4.78, 5) is 24.0. The predicted octanol–water partition coefficient (Wildman–Crippen LogP) is 1.62. The minimum Gasteiger partial charge on any atom is -0.494 e. The highest BCUT2D eigenvalue weighted by atomic mass is 19.1. The van der Waals surface area contributed by atoms with Crippen molar-refractivity contribution in [2.75, 3.05) is 27.3 Å². The number of benzene rings is 1. The van der Waals surface area contributed by atoms with Crippen molar-refractivity contribution in [3.63, 3.8) is 0 Å². The summed E-state index contributed by atoms with van der Waals surface area (Å²) in [5, 5.41) is 0. The number of hydrogen-bond acceptors (Lipinski definition) is 4. The smallest absolute Gasteiger partial charge is 0.325 e. The van der Waals surface area contributed by atoms with Gasteiger partial charge in [0.2, 0.25) is 5.91 Å². The lowest BCUT2D eigenvalue weighted by molar-refractivity contribution is -0.146. The predicted molar refractivity (Wildman–Crippen MR) is 70.8 cm³/mol. The maximum absolute atomic E-state index is 12.7. The van der Waals surface area contributed by atoms with E-state index in [0.717, 1.165) is 0 Å². The third kappa shape index (κ3) is 5.69. The van der Waals surface area contributed by atoms with Crippen LogP contribution in [-0.2, 0) is 14.3 Å². The number of nitrogens with zero attached hydrogens (tertiary/aromatic N) is 1. The summed E-state index contributed by atoms with van der Waals surface area (Å²) in [6, 6.07) is 5.68. The zero-order chi connectivity index (χ0) is 15.0. The van der Waals surface area contributed by atoms with Gasteiger partial charge >= 0.3 is 5.97 Å². The van der Waals surface area contributed by atoms with Gasteiger partial charge in [0.15, 0.2) is 0 Å². The van der Waals surface area contributed by atoms with Gasteiger partial charge in [0.05, 0.1) is 13.7 Å². The van der Waals surface area contributed by atoms with Gasteiger partial charge in [0.1, 0.15) is 18.1 Å². The third-order valence-electron chi connectivity index (χ3n) is 2.64. The zero-order valence-corrected chi connectivity index (χ0v) is 11.6. The van der Waals surface area contributed by atoms with Gasteiger partial charge in [-0.2, -0.15) is 0 Å². The number of carbonyl (C=O) groups is 2. The van der Waals surface area contributed by atoms with Crippen molar-refractivity contribution in [1.29, 1.82) is 0 Å². The number of likely N-dealkylation sites (N-methyl/N-ethyl adjacent to an activating group) is 1. The van der Waals surface area contributed by atoms with Gasteiger partial charge in [-0.3, -0.25) is 9.59 Å². The average molecular weight is 283 g/mol. The number of carbonyl (C=O) groups excluding carboxylic acids is 2. The molecule has 0 fully saturated rings. The minimum atomic E-state index is -0.455. The number of esters is 1. The van der Waals surface area contributed by atoms with Crippen LogP contribution in [0.1, 0.15) is 12.8 Å². The van der Waals surface area contributed by atoms with Crippen LogP contribution in [0.4, 0.5) is 4.39 Å². The summed E-state index contributed by atoms with van der Waals surface area (Å²) in [6.07, 6.45) is 0.788. The van der Waals surface area contributed by atoms with E-state index in [1.54, 1.807) is 7.05 Å². The fourth-order valence-corrected chi connectivity index (χ4v) is 1.48. The molecule has 0 N–H and O–H groups in total. The van der Waals surface area contributed by atoms with Gasteiger partial charge in [-0.25, -0.2) is 4.39 Å². The molecule has 20 heavy (non-hydrogen) atoms. The Bertz CT molecular complexity index is 447. The lowest BCUT2D eigenvalue weighted by Crippen LogP contribution is -2.32. The Labute approximate surface area is 117 Å². The minimum absolute atomic E-state index is 0.0614. The molecule has 0 spiro atoms. The van der Waals surface area contributed by atoms with Gasteiger partial charge in [0.25, 0.3) is 0 Å². The van der Waals surface area contributed by atoms with Gasteiger partial charge in [0, 0.05) is 13.5 Å². The first kappa shape index (κ1) is 15.9. The maximum atomic E-state index is 12.7. The first-order valence-corrected chi connectivity index (χ1v) is 6.22. The summed E-state index contributed by atoms with van der Waals surface area (Å²) in [5.41, 5.74) is 0. The Hall–Kier alpha value is -2.11. The molecular weight excluding hydrogens is 265 g/mol. The molecule has 0 aliphatic heterocycles. The lowest BCUT2D eigenvalue weighted by Gasteiger charge is -2.15.